The summed E-state index contributed by atoms with van der Waals surface area (Å²) in [5.74, 6) is -0.406. The first-order valence-corrected chi connectivity index (χ1v) is 5.89. The first-order valence-electron chi connectivity index (χ1n) is 5.89. The number of carbonyl (C=O) groups is 1. The summed E-state index contributed by atoms with van der Waals surface area (Å²) >= 11 is 0. The lowest BCUT2D eigenvalue weighted by Crippen LogP contribution is -2.13. The molecule has 0 radical (unpaired) electrons. The van der Waals surface area contributed by atoms with Crippen LogP contribution >= 0.6 is 0 Å². The van der Waals surface area contributed by atoms with Gasteiger partial charge in [0.2, 0.25) is 0 Å². The zero-order chi connectivity index (χ0) is 14.7. The van der Waals surface area contributed by atoms with Gasteiger partial charge in [-0.05, 0) is 30.7 Å². The Labute approximate surface area is 115 Å². The van der Waals surface area contributed by atoms with Crippen LogP contribution in [0.25, 0.3) is 0 Å². The van der Waals surface area contributed by atoms with Crippen LogP contribution in [0.2, 0.25) is 0 Å². The molecule has 0 aromatic heterocycles. The fourth-order valence-corrected chi connectivity index (χ4v) is 1.78. The smallest absolute Gasteiger partial charge is 0.270 e. The van der Waals surface area contributed by atoms with Gasteiger partial charge >= 0.3 is 0 Å². The lowest BCUT2D eigenvalue weighted by atomic mass is 10.1. The molecular formula is C14H13N3O3. The van der Waals surface area contributed by atoms with Crippen LogP contribution in [-0.2, 0) is 0 Å². The summed E-state index contributed by atoms with van der Waals surface area (Å²) in [5, 5.41) is 13.4. The van der Waals surface area contributed by atoms with Gasteiger partial charge in [0.1, 0.15) is 0 Å². The van der Waals surface area contributed by atoms with Crippen LogP contribution in [0.4, 0.5) is 17.1 Å². The monoisotopic (exact) mass is 271 g/mol. The van der Waals surface area contributed by atoms with Crippen molar-refractivity contribution in [3.63, 3.8) is 0 Å². The van der Waals surface area contributed by atoms with Gasteiger partial charge < -0.3 is 11.1 Å². The van der Waals surface area contributed by atoms with E-state index in [0.717, 1.165) is 0 Å². The quantitative estimate of drug-likeness (QED) is 0.509. The molecule has 0 heterocycles. The molecule has 2 rings (SSSR count). The third-order valence-electron chi connectivity index (χ3n) is 2.82. The van der Waals surface area contributed by atoms with E-state index < -0.39 is 10.8 Å². The van der Waals surface area contributed by atoms with Gasteiger partial charge in [-0.1, -0.05) is 12.1 Å². The number of hydrogen-bond acceptors (Lipinski definition) is 4. The van der Waals surface area contributed by atoms with E-state index in [0.29, 0.717) is 16.9 Å². The number of benzene rings is 2. The maximum Gasteiger partial charge on any atom is 0.270 e. The number of amides is 1. The van der Waals surface area contributed by atoms with Crippen molar-refractivity contribution in [2.75, 3.05) is 11.1 Å². The second-order valence-electron chi connectivity index (χ2n) is 4.34. The molecule has 0 fully saturated rings. The molecule has 0 aliphatic heterocycles. The van der Waals surface area contributed by atoms with E-state index in [1.54, 1.807) is 37.3 Å². The zero-order valence-corrected chi connectivity index (χ0v) is 10.8. The summed E-state index contributed by atoms with van der Waals surface area (Å²) in [4.78, 5) is 22.4. The topological polar surface area (TPSA) is 98.3 Å². The number of non-ortho nitro benzene ring substituents is 1. The van der Waals surface area contributed by atoms with Gasteiger partial charge in [-0.15, -0.1) is 0 Å². The van der Waals surface area contributed by atoms with E-state index in [9.17, 15) is 14.9 Å². The number of rotatable bonds is 3. The predicted octanol–water partition coefficient (Wildman–Crippen LogP) is 2.74. The van der Waals surface area contributed by atoms with E-state index in [1.807, 2.05) is 0 Å². The third kappa shape index (κ3) is 2.92. The van der Waals surface area contributed by atoms with Crippen LogP contribution in [0.3, 0.4) is 0 Å². The number of aryl methyl sites for hydroxylation is 1. The highest BCUT2D eigenvalue weighted by Crippen LogP contribution is 2.19. The number of nitro benzene ring substituents is 1. The summed E-state index contributed by atoms with van der Waals surface area (Å²) < 4.78 is 0. The molecule has 0 spiro atoms. The number of nitrogens with two attached hydrogens (primary N) is 1. The molecule has 0 atom stereocenters. The minimum Gasteiger partial charge on any atom is -0.399 e. The summed E-state index contributed by atoms with van der Waals surface area (Å²) in [6.45, 7) is 1.72. The van der Waals surface area contributed by atoms with Crippen molar-refractivity contribution < 1.29 is 9.72 Å². The normalized spacial score (nSPS) is 10.1. The summed E-state index contributed by atoms with van der Waals surface area (Å²) in [6.07, 6.45) is 0. The molecule has 2 aromatic rings. The SMILES string of the molecule is Cc1ccc([N+](=O)[O-])cc1C(=O)Nc1cccc(N)c1. The molecule has 0 saturated carbocycles. The average molecular weight is 271 g/mol. The van der Waals surface area contributed by atoms with E-state index in [2.05, 4.69) is 5.32 Å². The van der Waals surface area contributed by atoms with E-state index >= 15 is 0 Å². The first kappa shape index (κ1) is 13.5. The Kier molecular flexibility index (Phi) is 3.65. The van der Waals surface area contributed by atoms with Crippen molar-refractivity contribution in [1.82, 2.24) is 0 Å². The fraction of sp³-hybridized carbons (Fsp3) is 0.0714. The van der Waals surface area contributed by atoms with E-state index in [4.69, 9.17) is 5.73 Å². The minimum atomic E-state index is -0.531. The predicted molar refractivity (Wildman–Crippen MR) is 76.6 cm³/mol. The Balaban J connectivity index is 2.29. The highest BCUT2D eigenvalue weighted by atomic mass is 16.6. The summed E-state index contributed by atoms with van der Waals surface area (Å²) in [6, 6.07) is 10.9. The van der Waals surface area contributed by atoms with Crippen LogP contribution in [0, 0.1) is 17.0 Å². The van der Waals surface area contributed by atoms with Crippen molar-refractivity contribution in [1.29, 1.82) is 0 Å². The number of hydrogen-bond donors (Lipinski definition) is 2. The standard InChI is InChI=1S/C14H13N3O3/c1-9-5-6-12(17(19)20)8-13(9)14(18)16-11-4-2-3-10(15)7-11/h2-8H,15H2,1H3,(H,16,18). The van der Waals surface area contributed by atoms with Crippen LogP contribution in [0.5, 0.6) is 0 Å². The van der Waals surface area contributed by atoms with Gasteiger partial charge in [-0.25, -0.2) is 0 Å². The molecule has 2 aromatic carbocycles. The van der Waals surface area contributed by atoms with Crippen LogP contribution in [0.15, 0.2) is 42.5 Å². The number of carbonyl (C=O) groups excluding carboxylic acids is 1. The summed E-state index contributed by atoms with van der Waals surface area (Å²) in [5.41, 5.74) is 7.51. The Morgan fingerprint density at radius 3 is 2.65 bits per heavy atom. The van der Waals surface area contributed by atoms with Crippen LogP contribution < -0.4 is 11.1 Å². The summed E-state index contributed by atoms with van der Waals surface area (Å²) in [7, 11) is 0. The Hall–Kier alpha value is -2.89. The Morgan fingerprint density at radius 1 is 1.25 bits per heavy atom. The second-order valence-corrected chi connectivity index (χ2v) is 4.34. The molecule has 6 heteroatoms. The van der Waals surface area contributed by atoms with Gasteiger partial charge in [0.15, 0.2) is 0 Å². The van der Waals surface area contributed by atoms with Crippen LogP contribution in [0.1, 0.15) is 15.9 Å². The van der Waals surface area contributed by atoms with Crippen LogP contribution in [-0.4, -0.2) is 10.8 Å². The third-order valence-corrected chi connectivity index (χ3v) is 2.82. The highest BCUT2D eigenvalue weighted by Gasteiger charge is 2.14. The number of nitrogens with zero attached hydrogens (tertiary/aromatic N) is 1. The van der Waals surface area contributed by atoms with Gasteiger partial charge in [0.05, 0.1) is 4.92 Å². The molecule has 0 bridgehead atoms. The first-order chi connectivity index (χ1) is 9.47. The van der Waals surface area contributed by atoms with Gasteiger partial charge in [-0.2, -0.15) is 0 Å². The van der Waals surface area contributed by atoms with Gasteiger partial charge in [0.25, 0.3) is 11.6 Å². The van der Waals surface area contributed by atoms with Crippen molar-refractivity contribution >= 4 is 23.0 Å². The van der Waals surface area contributed by atoms with Crippen molar-refractivity contribution in [2.45, 2.75) is 6.92 Å². The minimum absolute atomic E-state index is 0.117. The van der Waals surface area contributed by atoms with E-state index in [1.165, 1.54) is 12.1 Å². The Morgan fingerprint density at radius 2 is 2.00 bits per heavy atom. The number of nitrogen functional groups attached to an aromatic ring is 1. The molecule has 0 aliphatic rings. The lowest BCUT2D eigenvalue weighted by molar-refractivity contribution is -0.384. The van der Waals surface area contributed by atoms with Gasteiger partial charge in [-0.3, -0.25) is 14.9 Å². The largest absolute Gasteiger partial charge is 0.399 e. The molecule has 102 valence electrons. The number of nitro groups is 1. The maximum absolute atomic E-state index is 12.1. The molecule has 0 aliphatic carbocycles. The maximum atomic E-state index is 12.1. The van der Waals surface area contributed by atoms with Crippen molar-refractivity contribution in [3.8, 4) is 0 Å². The number of nitrogens with one attached hydrogen (secondary N) is 1. The van der Waals surface area contributed by atoms with Crippen molar-refractivity contribution in [3.05, 3.63) is 63.7 Å². The average Bonchev–Trinajstić information content (AvgIpc) is 2.38. The molecule has 0 unspecified atom stereocenters. The number of anilines is 2. The van der Waals surface area contributed by atoms with Crippen molar-refractivity contribution in [2.24, 2.45) is 0 Å². The molecule has 20 heavy (non-hydrogen) atoms. The molecule has 6 nitrogen and oxygen atoms in total. The zero-order valence-electron chi connectivity index (χ0n) is 10.8. The Bertz CT molecular complexity index is 683. The van der Waals surface area contributed by atoms with E-state index in [-0.39, 0.29) is 11.3 Å². The molecule has 1 amide bonds. The molecular weight excluding hydrogens is 258 g/mol. The fourth-order valence-electron chi connectivity index (χ4n) is 1.78. The lowest BCUT2D eigenvalue weighted by Gasteiger charge is -2.08. The second kappa shape index (κ2) is 5.40. The molecule has 0 saturated heterocycles. The highest BCUT2D eigenvalue weighted by molar-refractivity contribution is 6.05. The van der Waals surface area contributed by atoms with Gasteiger partial charge in [0, 0.05) is 29.1 Å². The molecule has 3 N–H and O–H groups in total.